The second kappa shape index (κ2) is 8.29. The van der Waals surface area contributed by atoms with Gasteiger partial charge >= 0.3 is 0 Å². The lowest BCUT2D eigenvalue weighted by atomic mass is 10.5. The average molecular weight is 186 g/mol. The molecule has 0 unspecified atom stereocenters. The van der Waals surface area contributed by atoms with Crippen molar-refractivity contribution in [1.82, 2.24) is 0 Å². The van der Waals surface area contributed by atoms with Crippen molar-refractivity contribution < 1.29 is 0 Å². The molecule has 0 aliphatic carbocycles. The van der Waals surface area contributed by atoms with E-state index in [1.807, 2.05) is 13.0 Å². The first kappa shape index (κ1) is 11.2. The van der Waals surface area contributed by atoms with Gasteiger partial charge in [-0.3, -0.25) is 0 Å². The molecule has 0 saturated heterocycles. The molecule has 0 saturated carbocycles. The Morgan fingerprint density at radius 1 is 1.31 bits per heavy atom. The lowest BCUT2D eigenvalue weighted by Gasteiger charge is -1.87. The molecule has 0 aliphatic rings. The van der Waals surface area contributed by atoms with Gasteiger partial charge < -0.3 is 0 Å². The predicted octanol–water partition coefficient (Wildman–Crippen LogP) is 1.68. The Morgan fingerprint density at radius 3 is 2.62 bits per heavy atom. The minimum absolute atomic E-state index is 0.564. The van der Waals surface area contributed by atoms with Crippen molar-refractivity contribution in [2.75, 3.05) is 5.75 Å². The fourth-order valence-electron chi connectivity index (χ4n) is 0.459. The second-order valence-corrected chi connectivity index (χ2v) is 2.99. The van der Waals surface area contributed by atoms with Gasteiger partial charge in [0.15, 0.2) is 6.07 Å². The van der Waals surface area contributed by atoms with Crippen LogP contribution >= 0.6 is 11.8 Å². The van der Waals surface area contributed by atoms with Gasteiger partial charge in [-0.1, -0.05) is 12.8 Å². The Kier molecular flexibility index (Phi) is 7.13. The van der Waals surface area contributed by atoms with E-state index in [2.05, 4.69) is 23.7 Å². The van der Waals surface area contributed by atoms with E-state index in [1.165, 1.54) is 17.8 Å². The zero-order chi connectivity index (χ0) is 9.94. The zero-order valence-corrected chi connectivity index (χ0v) is 7.90. The zero-order valence-electron chi connectivity index (χ0n) is 7.09. The van der Waals surface area contributed by atoms with Crippen LogP contribution in [0.15, 0.2) is 11.0 Å². The van der Waals surface area contributed by atoms with Crippen LogP contribution in [0.25, 0.3) is 0 Å². The topological polar surface area (TPSA) is 47.6 Å². The molecule has 0 aromatic rings. The van der Waals surface area contributed by atoms with Crippen molar-refractivity contribution in [3.8, 4) is 35.8 Å². The number of thioether (sulfide) groups is 1. The molecule has 62 valence electrons. The van der Waals surface area contributed by atoms with E-state index in [0.29, 0.717) is 4.91 Å². The molecule has 2 nitrogen and oxygen atoms in total. The van der Waals surface area contributed by atoms with Crippen LogP contribution in [-0.4, -0.2) is 5.75 Å². The van der Waals surface area contributed by atoms with Gasteiger partial charge in [0.05, 0.1) is 4.91 Å². The molecule has 3 heteroatoms. The Hall–Kier alpha value is -1.81. The first-order valence-corrected chi connectivity index (χ1v) is 4.46. The van der Waals surface area contributed by atoms with Crippen molar-refractivity contribution in [2.24, 2.45) is 0 Å². The summed E-state index contributed by atoms with van der Waals surface area (Å²) in [5.41, 5.74) is 0. The molecule has 0 atom stereocenters. The fraction of sp³-hybridized carbons (Fsp3) is 0.200. The Labute approximate surface area is 82.2 Å². The van der Waals surface area contributed by atoms with Crippen LogP contribution in [0, 0.1) is 46.3 Å². The summed E-state index contributed by atoms with van der Waals surface area (Å²) < 4.78 is 0. The number of hydrogen-bond acceptors (Lipinski definition) is 3. The maximum atomic E-state index is 8.56. The monoisotopic (exact) mass is 186 g/mol. The first-order chi connectivity index (χ1) is 6.35. The maximum Gasteiger partial charge on any atom is 0.153 e. The van der Waals surface area contributed by atoms with Crippen molar-refractivity contribution in [3.63, 3.8) is 0 Å². The van der Waals surface area contributed by atoms with Gasteiger partial charge in [-0.2, -0.15) is 10.5 Å². The minimum Gasteiger partial charge on any atom is -0.192 e. The molecule has 0 bridgehead atoms. The summed E-state index contributed by atoms with van der Waals surface area (Å²) >= 11 is 1.42. The van der Waals surface area contributed by atoms with E-state index < -0.39 is 0 Å². The first-order valence-electron chi connectivity index (χ1n) is 3.47. The van der Waals surface area contributed by atoms with Crippen LogP contribution in [-0.2, 0) is 0 Å². The largest absolute Gasteiger partial charge is 0.192 e. The summed E-state index contributed by atoms with van der Waals surface area (Å²) in [6.07, 6.45) is 1.50. The second-order valence-electron chi connectivity index (χ2n) is 1.68. The summed E-state index contributed by atoms with van der Waals surface area (Å²) in [5.74, 6) is 10.3. The molecule has 13 heavy (non-hydrogen) atoms. The Morgan fingerprint density at radius 2 is 2.08 bits per heavy atom. The number of nitriles is 2. The van der Waals surface area contributed by atoms with Crippen LogP contribution < -0.4 is 0 Å². The number of allylic oxidation sites excluding steroid dienone is 2. The third kappa shape index (κ3) is 6.58. The van der Waals surface area contributed by atoms with Gasteiger partial charge in [0.1, 0.15) is 6.07 Å². The summed E-state index contributed by atoms with van der Waals surface area (Å²) in [4.78, 5) is 0.564. The number of hydrogen-bond donors (Lipinski definition) is 0. The van der Waals surface area contributed by atoms with Crippen molar-refractivity contribution >= 4 is 11.8 Å². The molecular weight excluding hydrogens is 180 g/mol. The van der Waals surface area contributed by atoms with Gasteiger partial charge in [0.25, 0.3) is 0 Å². The van der Waals surface area contributed by atoms with Gasteiger partial charge in [0.2, 0.25) is 0 Å². The summed E-state index contributed by atoms with van der Waals surface area (Å²) in [5, 5.41) is 16.6. The molecular formula is C10H6N2S. The van der Waals surface area contributed by atoms with Crippen LogP contribution in [0.3, 0.4) is 0 Å². The lowest BCUT2D eigenvalue weighted by molar-refractivity contribution is 1.51. The van der Waals surface area contributed by atoms with Crippen LogP contribution in [0.1, 0.15) is 6.92 Å². The molecule has 0 spiro atoms. The van der Waals surface area contributed by atoms with Crippen LogP contribution in [0.2, 0.25) is 0 Å². The van der Waals surface area contributed by atoms with E-state index in [1.54, 1.807) is 6.07 Å². The highest BCUT2D eigenvalue weighted by atomic mass is 32.2. The number of rotatable bonds is 2. The highest BCUT2D eigenvalue weighted by molar-refractivity contribution is 8.03. The molecule has 0 aromatic heterocycles. The lowest BCUT2D eigenvalue weighted by Crippen LogP contribution is -1.71. The quantitative estimate of drug-likeness (QED) is 0.487. The molecule has 0 rings (SSSR count). The molecule has 0 N–H and O–H groups in total. The SMILES string of the molecule is CCS/C(C#N)=C\C#CC#CC#N. The van der Waals surface area contributed by atoms with Crippen LogP contribution in [0.5, 0.6) is 0 Å². The van der Waals surface area contributed by atoms with Crippen LogP contribution in [0.4, 0.5) is 0 Å². The highest BCUT2D eigenvalue weighted by Gasteiger charge is 1.89. The van der Waals surface area contributed by atoms with Gasteiger partial charge in [-0.15, -0.1) is 11.8 Å². The maximum absolute atomic E-state index is 8.56. The van der Waals surface area contributed by atoms with E-state index >= 15 is 0 Å². The fourth-order valence-corrected chi connectivity index (χ4v) is 0.976. The molecule has 0 aromatic carbocycles. The average Bonchev–Trinajstić information content (AvgIpc) is 2.16. The van der Waals surface area contributed by atoms with Crippen molar-refractivity contribution in [3.05, 3.63) is 11.0 Å². The smallest absolute Gasteiger partial charge is 0.153 e. The van der Waals surface area contributed by atoms with Crippen molar-refractivity contribution in [1.29, 1.82) is 10.5 Å². The molecule has 0 aliphatic heterocycles. The van der Waals surface area contributed by atoms with Gasteiger partial charge in [0, 0.05) is 17.9 Å². The molecule has 0 radical (unpaired) electrons. The summed E-state index contributed by atoms with van der Waals surface area (Å²) in [6, 6.07) is 3.64. The Balaban J connectivity index is 4.30. The molecule has 0 heterocycles. The van der Waals surface area contributed by atoms with E-state index in [0.717, 1.165) is 5.75 Å². The molecule has 0 amide bonds. The van der Waals surface area contributed by atoms with Gasteiger partial charge in [-0.05, 0) is 11.7 Å². The third-order valence-electron chi connectivity index (χ3n) is 0.866. The van der Waals surface area contributed by atoms with E-state index in [4.69, 9.17) is 10.5 Å². The van der Waals surface area contributed by atoms with Crippen molar-refractivity contribution in [2.45, 2.75) is 6.92 Å². The highest BCUT2D eigenvalue weighted by Crippen LogP contribution is 2.12. The molecule has 0 fully saturated rings. The number of nitrogens with zero attached hydrogens (tertiary/aromatic N) is 2. The van der Waals surface area contributed by atoms with Gasteiger partial charge in [-0.25, -0.2) is 0 Å². The predicted molar refractivity (Wildman–Crippen MR) is 53.0 cm³/mol. The van der Waals surface area contributed by atoms with E-state index in [-0.39, 0.29) is 0 Å². The summed E-state index contributed by atoms with van der Waals surface area (Å²) in [7, 11) is 0. The third-order valence-corrected chi connectivity index (χ3v) is 1.68. The summed E-state index contributed by atoms with van der Waals surface area (Å²) in [6.45, 7) is 1.96. The standard InChI is InChI=1S/C10H6N2S/c1-2-13-10(9-12)7-5-3-4-6-8-11/h7H,2H2,1H3/b10-7-. The Bertz CT molecular complexity index is 385. The van der Waals surface area contributed by atoms with E-state index in [9.17, 15) is 0 Å². The normalized spacial score (nSPS) is 8.08. The minimum atomic E-state index is 0.564.